The van der Waals surface area contributed by atoms with Gasteiger partial charge in [-0.25, -0.2) is 0 Å². The van der Waals surface area contributed by atoms with Crippen LogP contribution in [0.15, 0.2) is 12.4 Å². The zero-order valence-electron chi connectivity index (χ0n) is 14.4. The predicted octanol–water partition coefficient (Wildman–Crippen LogP) is 2.45. The second-order valence-electron chi connectivity index (χ2n) is 7.17. The number of amides is 1. The van der Waals surface area contributed by atoms with Crippen LogP contribution in [-0.4, -0.2) is 57.7 Å². The van der Waals surface area contributed by atoms with Crippen LogP contribution in [0.1, 0.15) is 50.5 Å². The SMILES string of the molecule is Cc1cnn(CC(=O)N2CCCC[C@H]2CN2CCCCCC2)c1. The molecule has 0 aliphatic carbocycles. The van der Waals surface area contributed by atoms with Crippen molar-refractivity contribution in [3.63, 3.8) is 0 Å². The van der Waals surface area contributed by atoms with Crippen molar-refractivity contribution in [3.05, 3.63) is 18.0 Å². The fraction of sp³-hybridized carbons (Fsp3) is 0.778. The first-order valence-corrected chi connectivity index (χ1v) is 9.23. The van der Waals surface area contributed by atoms with Gasteiger partial charge >= 0.3 is 0 Å². The van der Waals surface area contributed by atoms with Gasteiger partial charge < -0.3 is 9.80 Å². The molecule has 0 bridgehead atoms. The molecule has 2 saturated heterocycles. The Kier molecular flexibility index (Phi) is 5.70. The number of rotatable bonds is 4. The summed E-state index contributed by atoms with van der Waals surface area (Å²) in [6.45, 7) is 6.77. The summed E-state index contributed by atoms with van der Waals surface area (Å²) < 4.78 is 1.77. The van der Waals surface area contributed by atoms with E-state index in [1.807, 2.05) is 19.3 Å². The Labute approximate surface area is 139 Å². The number of aromatic nitrogens is 2. The standard InChI is InChI=1S/C18H30N4O/c1-16-12-19-21(13-16)15-18(23)22-11-7-4-8-17(22)14-20-9-5-2-3-6-10-20/h12-13,17H,2-11,14-15H2,1H3/t17-/m0/s1. The summed E-state index contributed by atoms with van der Waals surface area (Å²) in [4.78, 5) is 17.5. The molecule has 2 aliphatic rings. The number of likely N-dealkylation sites (tertiary alicyclic amines) is 2. The second-order valence-corrected chi connectivity index (χ2v) is 7.17. The smallest absolute Gasteiger partial charge is 0.244 e. The molecule has 0 radical (unpaired) electrons. The molecular weight excluding hydrogens is 288 g/mol. The van der Waals surface area contributed by atoms with Gasteiger partial charge in [0, 0.05) is 25.3 Å². The molecule has 1 aromatic heterocycles. The van der Waals surface area contributed by atoms with Crippen molar-refractivity contribution in [2.45, 2.75) is 64.5 Å². The Morgan fingerprint density at radius 3 is 2.57 bits per heavy atom. The minimum Gasteiger partial charge on any atom is -0.337 e. The minimum atomic E-state index is 0.229. The number of nitrogens with zero attached hydrogens (tertiary/aromatic N) is 4. The third-order valence-electron chi connectivity index (χ3n) is 5.17. The summed E-state index contributed by atoms with van der Waals surface area (Å²) in [7, 11) is 0. The van der Waals surface area contributed by atoms with E-state index in [-0.39, 0.29) is 5.91 Å². The lowest BCUT2D eigenvalue weighted by molar-refractivity contribution is -0.136. The lowest BCUT2D eigenvalue weighted by Gasteiger charge is -2.38. The third kappa shape index (κ3) is 4.56. The molecule has 3 rings (SSSR count). The molecule has 2 fully saturated rings. The van der Waals surface area contributed by atoms with Crippen LogP contribution < -0.4 is 0 Å². The van der Waals surface area contributed by atoms with E-state index in [2.05, 4.69) is 14.9 Å². The Hall–Kier alpha value is -1.36. The normalized spacial score (nSPS) is 23.7. The van der Waals surface area contributed by atoms with Gasteiger partial charge in [-0.05, 0) is 57.7 Å². The highest BCUT2D eigenvalue weighted by Gasteiger charge is 2.28. The van der Waals surface area contributed by atoms with Crippen molar-refractivity contribution in [1.82, 2.24) is 19.6 Å². The van der Waals surface area contributed by atoms with Gasteiger partial charge in [0.15, 0.2) is 0 Å². The number of aryl methyl sites for hydroxylation is 1. The average molecular weight is 318 g/mol. The van der Waals surface area contributed by atoms with Crippen molar-refractivity contribution in [2.75, 3.05) is 26.2 Å². The molecule has 1 aromatic rings. The summed E-state index contributed by atoms with van der Waals surface area (Å²) in [5.74, 6) is 0.229. The molecule has 0 aromatic carbocycles. The molecule has 128 valence electrons. The highest BCUT2D eigenvalue weighted by Crippen LogP contribution is 2.20. The second kappa shape index (κ2) is 7.95. The van der Waals surface area contributed by atoms with Crippen molar-refractivity contribution < 1.29 is 4.79 Å². The van der Waals surface area contributed by atoms with Crippen LogP contribution in [0.4, 0.5) is 0 Å². The van der Waals surface area contributed by atoms with E-state index in [1.54, 1.807) is 4.68 Å². The van der Waals surface area contributed by atoms with E-state index in [4.69, 9.17) is 0 Å². The van der Waals surface area contributed by atoms with Gasteiger partial charge in [0.1, 0.15) is 6.54 Å². The largest absolute Gasteiger partial charge is 0.337 e. The Morgan fingerprint density at radius 2 is 1.87 bits per heavy atom. The van der Waals surface area contributed by atoms with Crippen molar-refractivity contribution in [1.29, 1.82) is 0 Å². The van der Waals surface area contributed by atoms with Gasteiger partial charge in [-0.1, -0.05) is 12.8 Å². The molecule has 23 heavy (non-hydrogen) atoms. The van der Waals surface area contributed by atoms with Crippen LogP contribution in [0.3, 0.4) is 0 Å². The lowest BCUT2D eigenvalue weighted by Crippen LogP contribution is -2.50. The number of hydrogen-bond donors (Lipinski definition) is 0. The summed E-state index contributed by atoms with van der Waals surface area (Å²) in [5.41, 5.74) is 1.11. The molecule has 3 heterocycles. The summed E-state index contributed by atoms with van der Waals surface area (Å²) in [6.07, 6.45) is 12.7. The van der Waals surface area contributed by atoms with Crippen LogP contribution in [-0.2, 0) is 11.3 Å². The van der Waals surface area contributed by atoms with Crippen molar-refractivity contribution in [3.8, 4) is 0 Å². The first-order chi connectivity index (χ1) is 11.2. The maximum absolute atomic E-state index is 12.7. The maximum atomic E-state index is 12.7. The monoisotopic (exact) mass is 318 g/mol. The van der Waals surface area contributed by atoms with E-state index in [9.17, 15) is 4.79 Å². The highest BCUT2D eigenvalue weighted by molar-refractivity contribution is 5.76. The Balaban J connectivity index is 1.59. The van der Waals surface area contributed by atoms with Gasteiger partial charge in [0.05, 0.1) is 6.20 Å². The summed E-state index contributed by atoms with van der Waals surface area (Å²) in [6, 6.07) is 0.394. The number of piperidine rings is 1. The minimum absolute atomic E-state index is 0.229. The first-order valence-electron chi connectivity index (χ1n) is 9.23. The Bertz CT molecular complexity index is 505. The summed E-state index contributed by atoms with van der Waals surface area (Å²) in [5, 5.41) is 4.26. The molecule has 0 unspecified atom stereocenters. The molecule has 0 spiro atoms. The maximum Gasteiger partial charge on any atom is 0.244 e. The third-order valence-corrected chi connectivity index (χ3v) is 5.17. The molecule has 5 heteroatoms. The summed E-state index contributed by atoms with van der Waals surface area (Å²) >= 11 is 0. The zero-order valence-corrected chi connectivity index (χ0v) is 14.4. The zero-order chi connectivity index (χ0) is 16.1. The van der Waals surface area contributed by atoms with Gasteiger partial charge in [0.25, 0.3) is 0 Å². The highest BCUT2D eigenvalue weighted by atomic mass is 16.2. The van der Waals surface area contributed by atoms with Crippen LogP contribution in [0.25, 0.3) is 0 Å². The fourth-order valence-corrected chi connectivity index (χ4v) is 3.92. The van der Waals surface area contributed by atoms with Crippen LogP contribution in [0.5, 0.6) is 0 Å². The molecule has 2 aliphatic heterocycles. The van der Waals surface area contributed by atoms with E-state index in [0.29, 0.717) is 12.6 Å². The molecule has 0 saturated carbocycles. The molecular formula is C18H30N4O. The van der Waals surface area contributed by atoms with Gasteiger partial charge in [-0.2, -0.15) is 5.10 Å². The Morgan fingerprint density at radius 1 is 1.13 bits per heavy atom. The topological polar surface area (TPSA) is 41.4 Å². The molecule has 1 atom stereocenters. The van der Waals surface area contributed by atoms with E-state index < -0.39 is 0 Å². The quantitative estimate of drug-likeness (QED) is 0.856. The number of carbonyl (C=O) groups is 1. The van der Waals surface area contributed by atoms with E-state index in [1.165, 1.54) is 45.2 Å². The first kappa shape index (κ1) is 16.5. The molecule has 0 N–H and O–H groups in total. The van der Waals surface area contributed by atoms with Crippen LogP contribution in [0, 0.1) is 6.92 Å². The lowest BCUT2D eigenvalue weighted by atomic mass is 10.0. The van der Waals surface area contributed by atoms with E-state index in [0.717, 1.165) is 31.5 Å². The van der Waals surface area contributed by atoms with Crippen LogP contribution in [0.2, 0.25) is 0 Å². The van der Waals surface area contributed by atoms with Gasteiger partial charge in [0.2, 0.25) is 5.91 Å². The molecule has 1 amide bonds. The average Bonchev–Trinajstić information content (AvgIpc) is 2.80. The van der Waals surface area contributed by atoms with E-state index >= 15 is 0 Å². The fourth-order valence-electron chi connectivity index (χ4n) is 3.92. The van der Waals surface area contributed by atoms with Crippen LogP contribution >= 0.6 is 0 Å². The number of hydrogen-bond acceptors (Lipinski definition) is 3. The van der Waals surface area contributed by atoms with Gasteiger partial charge in [-0.3, -0.25) is 9.48 Å². The van der Waals surface area contributed by atoms with Crippen molar-refractivity contribution in [2.24, 2.45) is 0 Å². The predicted molar refractivity (Wildman–Crippen MR) is 91.2 cm³/mol. The number of carbonyl (C=O) groups excluding carboxylic acids is 1. The van der Waals surface area contributed by atoms with Gasteiger partial charge in [-0.15, -0.1) is 0 Å². The molecule has 5 nitrogen and oxygen atoms in total. The van der Waals surface area contributed by atoms with Crippen molar-refractivity contribution >= 4 is 5.91 Å².